The van der Waals surface area contributed by atoms with Crippen LogP contribution in [0, 0.1) is 11.3 Å². The van der Waals surface area contributed by atoms with Gasteiger partial charge in [0.1, 0.15) is 11.5 Å². The molecule has 0 bridgehead atoms. The van der Waals surface area contributed by atoms with Crippen molar-refractivity contribution in [3.63, 3.8) is 0 Å². The first kappa shape index (κ1) is 20.4. The molecule has 0 saturated carbocycles. The molecule has 0 aliphatic heterocycles. The smallest absolute Gasteiger partial charge is 0.266 e. The molecule has 7 heteroatoms. The number of carbonyl (C=O) groups excluding carboxylic acids is 1. The second-order valence-corrected chi connectivity index (χ2v) is 7.15. The number of amides is 1. The summed E-state index contributed by atoms with van der Waals surface area (Å²) in [5.41, 5.74) is 2.27. The molecule has 6 nitrogen and oxygen atoms in total. The Bertz CT molecular complexity index is 991. The predicted octanol–water partition coefficient (Wildman–Crippen LogP) is 4.88. The summed E-state index contributed by atoms with van der Waals surface area (Å²) in [4.78, 5) is 16.9. The van der Waals surface area contributed by atoms with Crippen LogP contribution in [-0.2, 0) is 4.79 Å². The molecular weight excluding hydrogens is 386 g/mol. The van der Waals surface area contributed by atoms with E-state index in [1.165, 1.54) is 11.3 Å². The van der Waals surface area contributed by atoms with E-state index in [1.807, 2.05) is 35.7 Å². The van der Waals surface area contributed by atoms with Crippen molar-refractivity contribution in [2.45, 2.75) is 26.4 Å². The van der Waals surface area contributed by atoms with Gasteiger partial charge in [-0.25, -0.2) is 4.98 Å². The van der Waals surface area contributed by atoms with E-state index in [2.05, 4.69) is 17.2 Å². The Morgan fingerprint density at radius 3 is 2.52 bits per heavy atom. The molecule has 1 unspecified atom stereocenters. The molecule has 0 aliphatic rings. The molecule has 0 spiro atoms. The Hall–Kier alpha value is -3.37. The maximum absolute atomic E-state index is 12.4. The molecule has 1 atom stereocenters. The molecule has 1 aromatic heterocycles. The number of nitrogens with zero attached hydrogens (tertiary/aromatic N) is 2. The molecule has 3 rings (SSSR count). The number of hydrogen-bond donors (Lipinski definition) is 1. The van der Waals surface area contributed by atoms with E-state index in [0.29, 0.717) is 23.1 Å². The molecule has 1 heterocycles. The highest BCUT2D eigenvalue weighted by atomic mass is 32.1. The summed E-state index contributed by atoms with van der Waals surface area (Å²) in [5, 5.41) is 14.0. The fourth-order valence-electron chi connectivity index (χ4n) is 2.48. The largest absolute Gasteiger partial charge is 0.494 e. The molecule has 0 radical (unpaired) electrons. The number of benzene rings is 2. The van der Waals surface area contributed by atoms with Gasteiger partial charge in [-0.1, -0.05) is 6.92 Å². The summed E-state index contributed by atoms with van der Waals surface area (Å²) >= 11 is 1.35. The van der Waals surface area contributed by atoms with Crippen molar-refractivity contribution in [3.05, 3.63) is 59.5 Å². The van der Waals surface area contributed by atoms with E-state index in [-0.39, 0.29) is 5.91 Å². The number of carbonyl (C=O) groups is 1. The number of nitrogens with one attached hydrogen (secondary N) is 1. The molecule has 29 heavy (non-hydrogen) atoms. The van der Waals surface area contributed by atoms with Crippen molar-refractivity contribution in [3.8, 4) is 28.8 Å². The van der Waals surface area contributed by atoms with Crippen LogP contribution in [0.1, 0.15) is 25.8 Å². The lowest BCUT2D eigenvalue weighted by atomic mass is 10.2. The van der Waals surface area contributed by atoms with Crippen LogP contribution < -0.4 is 14.8 Å². The van der Waals surface area contributed by atoms with Crippen molar-refractivity contribution in [1.82, 2.24) is 4.98 Å². The molecule has 3 aromatic rings. The van der Waals surface area contributed by atoms with Crippen molar-refractivity contribution in [2.24, 2.45) is 0 Å². The van der Waals surface area contributed by atoms with Gasteiger partial charge in [0.05, 0.1) is 23.9 Å². The van der Waals surface area contributed by atoms with Crippen molar-refractivity contribution < 1.29 is 14.3 Å². The van der Waals surface area contributed by atoms with E-state index in [0.717, 1.165) is 23.4 Å². The average molecular weight is 407 g/mol. The summed E-state index contributed by atoms with van der Waals surface area (Å²) in [6.45, 7) is 4.42. The standard InChI is InChI=1S/C22H21N3O3S/c1-3-12-27-18-10-6-17(7-11-18)20-14-29-22(24-20)25-21(26)15(2)28-19-8-4-16(13-23)5-9-19/h4-11,14-15H,3,12H2,1-2H3,(H,24,25,26). The highest BCUT2D eigenvalue weighted by Gasteiger charge is 2.17. The lowest BCUT2D eigenvalue weighted by Crippen LogP contribution is -2.30. The average Bonchev–Trinajstić information content (AvgIpc) is 3.21. The number of aromatic nitrogens is 1. The first-order valence-electron chi connectivity index (χ1n) is 9.25. The highest BCUT2D eigenvalue weighted by Crippen LogP contribution is 2.27. The summed E-state index contributed by atoms with van der Waals surface area (Å²) in [7, 11) is 0. The third-order valence-electron chi connectivity index (χ3n) is 4.02. The Morgan fingerprint density at radius 1 is 1.17 bits per heavy atom. The second kappa shape index (κ2) is 9.71. The molecular formula is C22H21N3O3S. The molecule has 1 N–H and O–H groups in total. The van der Waals surface area contributed by atoms with Crippen LogP contribution >= 0.6 is 11.3 Å². The monoisotopic (exact) mass is 407 g/mol. The Kier molecular flexibility index (Phi) is 6.82. The SMILES string of the molecule is CCCOc1ccc(-c2csc(NC(=O)C(C)Oc3ccc(C#N)cc3)n2)cc1. The van der Waals surface area contributed by atoms with Crippen molar-refractivity contribution in [2.75, 3.05) is 11.9 Å². The lowest BCUT2D eigenvalue weighted by Gasteiger charge is -2.13. The number of ether oxygens (including phenoxy) is 2. The fraction of sp³-hybridized carbons (Fsp3) is 0.227. The second-order valence-electron chi connectivity index (χ2n) is 6.30. The van der Waals surface area contributed by atoms with E-state index in [1.54, 1.807) is 31.2 Å². The molecule has 0 fully saturated rings. The van der Waals surface area contributed by atoms with Crippen LogP contribution in [0.2, 0.25) is 0 Å². The van der Waals surface area contributed by atoms with Gasteiger partial charge in [0.25, 0.3) is 5.91 Å². The molecule has 148 valence electrons. The van der Waals surface area contributed by atoms with Gasteiger partial charge in [-0.3, -0.25) is 10.1 Å². The van der Waals surface area contributed by atoms with Crippen LogP contribution in [0.25, 0.3) is 11.3 Å². The Balaban J connectivity index is 1.58. The highest BCUT2D eigenvalue weighted by molar-refractivity contribution is 7.14. The van der Waals surface area contributed by atoms with Gasteiger partial charge in [0, 0.05) is 10.9 Å². The van der Waals surface area contributed by atoms with Gasteiger partial charge in [0.2, 0.25) is 0 Å². The Labute approximate surface area is 173 Å². The first-order valence-corrected chi connectivity index (χ1v) is 10.1. The van der Waals surface area contributed by atoms with E-state index in [9.17, 15) is 4.79 Å². The lowest BCUT2D eigenvalue weighted by molar-refractivity contribution is -0.122. The maximum Gasteiger partial charge on any atom is 0.266 e. The third kappa shape index (κ3) is 5.56. The van der Waals surface area contributed by atoms with Gasteiger partial charge in [-0.15, -0.1) is 11.3 Å². The van der Waals surface area contributed by atoms with Gasteiger partial charge < -0.3 is 9.47 Å². The van der Waals surface area contributed by atoms with E-state index < -0.39 is 6.10 Å². The van der Waals surface area contributed by atoms with Crippen LogP contribution in [-0.4, -0.2) is 23.6 Å². The zero-order chi connectivity index (χ0) is 20.6. The fourth-order valence-corrected chi connectivity index (χ4v) is 3.20. The molecule has 0 aliphatic carbocycles. The van der Waals surface area contributed by atoms with Crippen molar-refractivity contribution in [1.29, 1.82) is 5.26 Å². The van der Waals surface area contributed by atoms with Gasteiger partial charge in [-0.05, 0) is 61.9 Å². The predicted molar refractivity (Wildman–Crippen MR) is 113 cm³/mol. The summed E-state index contributed by atoms with van der Waals surface area (Å²) in [5.74, 6) is 1.06. The zero-order valence-corrected chi connectivity index (χ0v) is 17.0. The van der Waals surface area contributed by atoms with Gasteiger partial charge in [-0.2, -0.15) is 5.26 Å². The normalized spacial score (nSPS) is 11.3. The minimum absolute atomic E-state index is 0.293. The number of rotatable bonds is 8. The molecule has 0 saturated heterocycles. The summed E-state index contributed by atoms with van der Waals surface area (Å²) < 4.78 is 11.2. The maximum atomic E-state index is 12.4. The minimum atomic E-state index is -0.703. The number of nitriles is 1. The minimum Gasteiger partial charge on any atom is -0.494 e. The third-order valence-corrected chi connectivity index (χ3v) is 4.78. The van der Waals surface area contributed by atoms with Gasteiger partial charge >= 0.3 is 0 Å². The molecule has 1 amide bonds. The van der Waals surface area contributed by atoms with Crippen LogP contribution in [0.5, 0.6) is 11.5 Å². The van der Waals surface area contributed by atoms with E-state index in [4.69, 9.17) is 14.7 Å². The molecule has 2 aromatic carbocycles. The van der Waals surface area contributed by atoms with Gasteiger partial charge in [0.15, 0.2) is 11.2 Å². The van der Waals surface area contributed by atoms with Crippen LogP contribution in [0.15, 0.2) is 53.9 Å². The summed E-state index contributed by atoms with van der Waals surface area (Å²) in [6.07, 6.45) is 0.259. The van der Waals surface area contributed by atoms with Crippen LogP contribution in [0.4, 0.5) is 5.13 Å². The topological polar surface area (TPSA) is 84.2 Å². The van der Waals surface area contributed by atoms with Crippen molar-refractivity contribution >= 4 is 22.4 Å². The number of anilines is 1. The first-order chi connectivity index (χ1) is 14.1. The Morgan fingerprint density at radius 2 is 1.86 bits per heavy atom. The van der Waals surface area contributed by atoms with E-state index >= 15 is 0 Å². The summed E-state index contributed by atoms with van der Waals surface area (Å²) in [6, 6.07) is 16.4. The van der Waals surface area contributed by atoms with Crippen LogP contribution in [0.3, 0.4) is 0 Å². The zero-order valence-electron chi connectivity index (χ0n) is 16.2. The number of hydrogen-bond acceptors (Lipinski definition) is 6. The quantitative estimate of drug-likeness (QED) is 0.575. The number of thiazole rings is 1.